The zero-order valence-electron chi connectivity index (χ0n) is 10.4. The van der Waals surface area contributed by atoms with E-state index in [1.807, 2.05) is 31.3 Å². The van der Waals surface area contributed by atoms with Crippen molar-refractivity contribution < 1.29 is 0 Å². The highest BCUT2D eigenvalue weighted by molar-refractivity contribution is 5.74. The average molecular weight is 231 g/mol. The van der Waals surface area contributed by atoms with Crippen LogP contribution >= 0.6 is 0 Å². The lowest BCUT2D eigenvalue weighted by molar-refractivity contribution is 0.513. The van der Waals surface area contributed by atoms with Crippen LogP contribution < -0.4 is 10.9 Å². The molecule has 0 amide bonds. The molecule has 1 unspecified atom stereocenters. The molecular formula is C13H17N3O. The van der Waals surface area contributed by atoms with Gasteiger partial charge in [0.2, 0.25) is 0 Å². The van der Waals surface area contributed by atoms with Crippen molar-refractivity contribution in [1.29, 1.82) is 0 Å². The number of hydrogen-bond donors (Lipinski definition) is 1. The normalized spacial score (nSPS) is 12.9. The predicted molar refractivity (Wildman–Crippen MR) is 69.3 cm³/mol. The molecule has 4 heteroatoms. The summed E-state index contributed by atoms with van der Waals surface area (Å²) in [5.74, 6) is 0. The first-order chi connectivity index (χ1) is 8.13. The molecule has 0 saturated heterocycles. The first kappa shape index (κ1) is 11.8. The fourth-order valence-corrected chi connectivity index (χ4v) is 1.87. The summed E-state index contributed by atoms with van der Waals surface area (Å²) in [5.41, 5.74) is 2.30. The molecule has 0 bridgehead atoms. The Morgan fingerprint density at radius 1 is 1.41 bits per heavy atom. The van der Waals surface area contributed by atoms with Crippen LogP contribution in [0.3, 0.4) is 0 Å². The maximum absolute atomic E-state index is 12.1. The number of aromatic nitrogens is 2. The first-order valence-electron chi connectivity index (χ1n) is 5.77. The largest absolute Gasteiger partial charge is 0.315 e. The monoisotopic (exact) mass is 231 g/mol. The van der Waals surface area contributed by atoms with E-state index in [0.717, 1.165) is 11.0 Å². The fourth-order valence-electron chi connectivity index (χ4n) is 1.87. The van der Waals surface area contributed by atoms with Crippen LogP contribution in [0.1, 0.15) is 12.6 Å². The molecule has 1 atom stereocenters. The van der Waals surface area contributed by atoms with Crippen LogP contribution in [-0.4, -0.2) is 22.6 Å². The Balaban J connectivity index is 2.66. The highest BCUT2D eigenvalue weighted by Gasteiger charge is 2.09. The summed E-state index contributed by atoms with van der Waals surface area (Å²) in [5, 5.41) is 3.14. The van der Waals surface area contributed by atoms with E-state index in [2.05, 4.69) is 17.2 Å². The van der Waals surface area contributed by atoms with Gasteiger partial charge in [0.25, 0.3) is 5.56 Å². The maximum atomic E-state index is 12.1. The maximum Gasteiger partial charge on any atom is 0.272 e. The number of nitrogens with one attached hydrogen (secondary N) is 1. The standard InChI is InChI=1S/C13H17N3O/c1-9(14-3)8-16-12-7-5-4-6-11(12)15-10(2)13(16)17/h4-7,9,14H,8H2,1-3H3. The van der Waals surface area contributed by atoms with Crippen LogP contribution in [0.15, 0.2) is 29.1 Å². The van der Waals surface area contributed by atoms with Crippen LogP contribution in [0.5, 0.6) is 0 Å². The van der Waals surface area contributed by atoms with Crippen LogP contribution in [0, 0.1) is 6.92 Å². The molecule has 2 rings (SSSR count). The molecule has 0 spiro atoms. The van der Waals surface area contributed by atoms with Crippen LogP contribution in [0.4, 0.5) is 0 Å². The van der Waals surface area contributed by atoms with Gasteiger partial charge in [0.15, 0.2) is 0 Å². The van der Waals surface area contributed by atoms with Crippen molar-refractivity contribution in [3.05, 3.63) is 40.3 Å². The second-order valence-electron chi connectivity index (χ2n) is 4.29. The number of hydrogen-bond acceptors (Lipinski definition) is 3. The van der Waals surface area contributed by atoms with E-state index in [-0.39, 0.29) is 11.6 Å². The summed E-state index contributed by atoms with van der Waals surface area (Å²) in [4.78, 5) is 16.4. The highest BCUT2D eigenvalue weighted by Crippen LogP contribution is 2.10. The van der Waals surface area contributed by atoms with Crippen LogP contribution in [0.25, 0.3) is 11.0 Å². The Kier molecular flexibility index (Phi) is 3.24. The Labute approximate surface area is 100 Å². The molecule has 0 aliphatic carbocycles. The van der Waals surface area contributed by atoms with Gasteiger partial charge in [-0.2, -0.15) is 0 Å². The molecule has 2 aromatic rings. The lowest BCUT2D eigenvalue weighted by atomic mass is 10.2. The molecule has 1 N–H and O–H groups in total. The van der Waals surface area contributed by atoms with Crippen molar-refractivity contribution in [3.63, 3.8) is 0 Å². The van der Waals surface area contributed by atoms with E-state index in [4.69, 9.17) is 0 Å². The van der Waals surface area contributed by atoms with E-state index < -0.39 is 0 Å². The van der Waals surface area contributed by atoms with Crippen molar-refractivity contribution in [2.45, 2.75) is 26.4 Å². The number of likely N-dealkylation sites (N-methyl/N-ethyl adjacent to an activating group) is 1. The van der Waals surface area contributed by atoms with Gasteiger partial charge in [-0.15, -0.1) is 0 Å². The molecule has 0 aliphatic rings. The smallest absolute Gasteiger partial charge is 0.272 e. The van der Waals surface area contributed by atoms with Crippen molar-refractivity contribution in [1.82, 2.24) is 14.9 Å². The lowest BCUT2D eigenvalue weighted by Crippen LogP contribution is -2.33. The third kappa shape index (κ3) is 2.22. The number of rotatable bonds is 3. The number of nitrogens with zero attached hydrogens (tertiary/aromatic N) is 2. The Bertz CT molecular complexity index is 589. The summed E-state index contributed by atoms with van der Waals surface area (Å²) in [7, 11) is 1.89. The Hall–Kier alpha value is -1.68. The van der Waals surface area contributed by atoms with Crippen molar-refractivity contribution in [2.75, 3.05) is 7.05 Å². The van der Waals surface area contributed by atoms with E-state index in [0.29, 0.717) is 12.2 Å². The van der Waals surface area contributed by atoms with Crippen molar-refractivity contribution >= 4 is 11.0 Å². The molecule has 1 aromatic heterocycles. The zero-order valence-corrected chi connectivity index (χ0v) is 10.4. The summed E-state index contributed by atoms with van der Waals surface area (Å²) < 4.78 is 1.79. The van der Waals surface area contributed by atoms with Crippen molar-refractivity contribution in [3.8, 4) is 0 Å². The number of para-hydroxylation sites is 2. The third-order valence-electron chi connectivity index (χ3n) is 2.96. The van der Waals surface area contributed by atoms with Gasteiger partial charge in [-0.1, -0.05) is 12.1 Å². The van der Waals surface area contributed by atoms with E-state index in [1.54, 1.807) is 11.5 Å². The lowest BCUT2D eigenvalue weighted by Gasteiger charge is -2.15. The van der Waals surface area contributed by atoms with E-state index in [9.17, 15) is 4.79 Å². The molecule has 0 fully saturated rings. The predicted octanol–water partition coefficient (Wildman–Crippen LogP) is 1.31. The number of aryl methyl sites for hydroxylation is 1. The summed E-state index contributed by atoms with van der Waals surface area (Å²) >= 11 is 0. The highest BCUT2D eigenvalue weighted by atomic mass is 16.1. The average Bonchev–Trinajstić information content (AvgIpc) is 2.34. The summed E-state index contributed by atoms with van der Waals surface area (Å²) in [6.45, 7) is 4.46. The van der Waals surface area contributed by atoms with Crippen LogP contribution in [-0.2, 0) is 6.54 Å². The zero-order chi connectivity index (χ0) is 12.4. The molecule has 90 valence electrons. The van der Waals surface area contributed by atoms with Gasteiger partial charge >= 0.3 is 0 Å². The Morgan fingerprint density at radius 3 is 2.82 bits per heavy atom. The molecule has 0 aliphatic heterocycles. The molecular weight excluding hydrogens is 214 g/mol. The van der Waals surface area contributed by atoms with Gasteiger partial charge in [0.1, 0.15) is 5.69 Å². The van der Waals surface area contributed by atoms with Crippen molar-refractivity contribution in [2.24, 2.45) is 0 Å². The van der Waals surface area contributed by atoms with Gasteiger partial charge in [-0.25, -0.2) is 4.98 Å². The van der Waals surface area contributed by atoms with Gasteiger partial charge < -0.3 is 9.88 Å². The van der Waals surface area contributed by atoms with Gasteiger partial charge in [0, 0.05) is 12.6 Å². The van der Waals surface area contributed by atoms with E-state index >= 15 is 0 Å². The number of fused-ring (bicyclic) bond motifs is 1. The fraction of sp³-hybridized carbons (Fsp3) is 0.385. The molecule has 4 nitrogen and oxygen atoms in total. The molecule has 1 aromatic carbocycles. The van der Waals surface area contributed by atoms with E-state index in [1.165, 1.54) is 0 Å². The third-order valence-corrected chi connectivity index (χ3v) is 2.96. The quantitative estimate of drug-likeness (QED) is 0.866. The topological polar surface area (TPSA) is 46.9 Å². The van der Waals surface area contributed by atoms with Gasteiger partial charge in [-0.05, 0) is 33.0 Å². The molecule has 0 radical (unpaired) electrons. The second kappa shape index (κ2) is 4.67. The van der Waals surface area contributed by atoms with Gasteiger partial charge in [0.05, 0.1) is 11.0 Å². The minimum absolute atomic E-state index is 0.00852. The Morgan fingerprint density at radius 2 is 2.12 bits per heavy atom. The summed E-state index contributed by atoms with van der Waals surface area (Å²) in [6.07, 6.45) is 0. The number of benzene rings is 1. The first-order valence-corrected chi connectivity index (χ1v) is 5.77. The van der Waals surface area contributed by atoms with Gasteiger partial charge in [-0.3, -0.25) is 4.79 Å². The minimum atomic E-state index is -0.00852. The molecule has 1 heterocycles. The second-order valence-corrected chi connectivity index (χ2v) is 4.29. The SMILES string of the molecule is CNC(C)Cn1c(=O)c(C)nc2ccccc21. The molecule has 0 saturated carbocycles. The van der Waals surface area contributed by atoms with Crippen LogP contribution in [0.2, 0.25) is 0 Å². The minimum Gasteiger partial charge on any atom is -0.315 e. The summed E-state index contributed by atoms with van der Waals surface area (Å²) in [6, 6.07) is 7.98. The molecule has 17 heavy (non-hydrogen) atoms.